The van der Waals surface area contributed by atoms with Crippen molar-refractivity contribution >= 4 is 11.6 Å². The number of fused-ring (bicyclic) bond motifs is 4. The average Bonchev–Trinajstić information content (AvgIpc) is 3.43. The van der Waals surface area contributed by atoms with Crippen molar-refractivity contribution in [3.63, 3.8) is 0 Å². The lowest BCUT2D eigenvalue weighted by Gasteiger charge is -2.17. The van der Waals surface area contributed by atoms with E-state index in [2.05, 4.69) is 56.8 Å². The first kappa shape index (κ1) is 18.8. The number of anilines is 1. The normalized spacial score (nSPS) is 14.2. The van der Waals surface area contributed by atoms with E-state index in [9.17, 15) is 4.79 Å². The van der Waals surface area contributed by atoms with Crippen LogP contribution in [0.5, 0.6) is 5.75 Å². The monoisotopic (exact) mass is 422 g/mol. The number of nitrogens with zero attached hydrogens (tertiary/aromatic N) is 2. The van der Waals surface area contributed by atoms with E-state index in [0.29, 0.717) is 12.3 Å². The second kappa shape index (κ2) is 7.66. The molecular weight excluding hydrogens is 400 g/mol. The van der Waals surface area contributed by atoms with Gasteiger partial charge >= 0.3 is 0 Å². The highest BCUT2D eigenvalue weighted by atomic mass is 16.5. The summed E-state index contributed by atoms with van der Waals surface area (Å²) in [4.78, 5) is 15.4. The molecule has 4 aromatic rings. The van der Waals surface area contributed by atoms with Crippen molar-refractivity contribution in [1.82, 2.24) is 15.1 Å². The molecule has 1 aromatic heterocycles. The van der Waals surface area contributed by atoms with Gasteiger partial charge in [-0.05, 0) is 41.0 Å². The maximum atomic E-state index is 13.0. The standard InChI is InChI=1S/C26H22N4O2/c31-26(25-22-16-32-23-9-5-4-8-21(23)24(22)28-29-25)27-20-11-10-18-14-30(15-19(18)12-20)13-17-6-2-1-3-7-17/h1-12H,13-16H2,(H,27,31)(H,28,29). The maximum Gasteiger partial charge on any atom is 0.274 e. The minimum Gasteiger partial charge on any atom is -0.488 e. The zero-order valence-electron chi connectivity index (χ0n) is 17.5. The molecule has 2 aliphatic rings. The number of rotatable bonds is 4. The van der Waals surface area contributed by atoms with Gasteiger partial charge in [0, 0.05) is 36.4 Å². The Kier molecular flexibility index (Phi) is 4.51. The third-order valence-electron chi connectivity index (χ3n) is 6.11. The van der Waals surface area contributed by atoms with Crippen molar-refractivity contribution in [2.24, 2.45) is 0 Å². The highest BCUT2D eigenvalue weighted by Crippen LogP contribution is 2.37. The van der Waals surface area contributed by atoms with Crippen LogP contribution in [0.15, 0.2) is 72.8 Å². The number of amides is 1. The second-order valence-electron chi connectivity index (χ2n) is 8.28. The van der Waals surface area contributed by atoms with Crippen molar-refractivity contribution in [2.45, 2.75) is 26.2 Å². The fraction of sp³-hybridized carbons (Fsp3) is 0.154. The third kappa shape index (κ3) is 3.35. The molecule has 158 valence electrons. The van der Waals surface area contributed by atoms with Crippen molar-refractivity contribution in [3.8, 4) is 17.0 Å². The van der Waals surface area contributed by atoms with Gasteiger partial charge in [0.25, 0.3) is 5.91 Å². The number of benzene rings is 3. The molecule has 0 aliphatic carbocycles. The first-order valence-corrected chi connectivity index (χ1v) is 10.7. The zero-order valence-corrected chi connectivity index (χ0v) is 17.5. The van der Waals surface area contributed by atoms with Gasteiger partial charge in [-0.3, -0.25) is 14.8 Å². The largest absolute Gasteiger partial charge is 0.488 e. The molecule has 0 saturated carbocycles. The van der Waals surface area contributed by atoms with Crippen LogP contribution < -0.4 is 10.1 Å². The van der Waals surface area contributed by atoms with E-state index in [1.54, 1.807) is 0 Å². The van der Waals surface area contributed by atoms with Gasteiger partial charge < -0.3 is 10.1 Å². The SMILES string of the molecule is O=C(Nc1ccc2c(c1)CN(Cc1ccccc1)C2)c1[nH]nc2c1COc1ccccc1-2. The Labute approximate surface area is 185 Å². The first-order valence-electron chi connectivity index (χ1n) is 10.7. The van der Waals surface area contributed by atoms with Gasteiger partial charge in [0.2, 0.25) is 0 Å². The molecule has 0 radical (unpaired) electrons. The molecule has 6 nitrogen and oxygen atoms in total. The summed E-state index contributed by atoms with van der Waals surface area (Å²) < 4.78 is 5.82. The first-order chi connectivity index (χ1) is 15.7. The van der Waals surface area contributed by atoms with Crippen LogP contribution in [0.2, 0.25) is 0 Å². The summed E-state index contributed by atoms with van der Waals surface area (Å²) in [6.07, 6.45) is 0. The number of aromatic nitrogens is 2. The topological polar surface area (TPSA) is 70.2 Å². The molecule has 3 heterocycles. The highest BCUT2D eigenvalue weighted by Gasteiger charge is 2.26. The summed E-state index contributed by atoms with van der Waals surface area (Å²) in [5.74, 6) is 0.581. The molecule has 3 aromatic carbocycles. The van der Waals surface area contributed by atoms with E-state index in [-0.39, 0.29) is 5.91 Å². The quantitative estimate of drug-likeness (QED) is 0.499. The van der Waals surface area contributed by atoms with Crippen molar-refractivity contribution in [3.05, 3.63) is 101 Å². The molecule has 2 aliphatic heterocycles. The molecule has 0 saturated heterocycles. The molecule has 0 spiro atoms. The van der Waals surface area contributed by atoms with Crippen LogP contribution in [-0.2, 0) is 26.2 Å². The molecule has 0 atom stereocenters. The van der Waals surface area contributed by atoms with E-state index in [0.717, 1.165) is 47.9 Å². The van der Waals surface area contributed by atoms with E-state index in [1.807, 2.05) is 36.4 Å². The zero-order chi connectivity index (χ0) is 21.5. The Morgan fingerprint density at radius 3 is 2.72 bits per heavy atom. The van der Waals surface area contributed by atoms with Crippen LogP contribution in [0.4, 0.5) is 5.69 Å². The van der Waals surface area contributed by atoms with Gasteiger partial charge in [-0.1, -0.05) is 48.5 Å². The summed E-state index contributed by atoms with van der Waals surface area (Å²) >= 11 is 0. The molecule has 6 rings (SSSR count). The smallest absolute Gasteiger partial charge is 0.274 e. The number of ether oxygens (including phenoxy) is 1. The minimum atomic E-state index is -0.208. The average molecular weight is 422 g/mol. The molecule has 2 N–H and O–H groups in total. The van der Waals surface area contributed by atoms with Crippen LogP contribution in [0.1, 0.15) is 32.7 Å². The van der Waals surface area contributed by atoms with E-state index in [4.69, 9.17) is 4.74 Å². The predicted octanol–water partition coefficient (Wildman–Crippen LogP) is 4.74. The Morgan fingerprint density at radius 2 is 1.81 bits per heavy atom. The Hall–Kier alpha value is -3.90. The van der Waals surface area contributed by atoms with Crippen LogP contribution in [0.25, 0.3) is 11.3 Å². The van der Waals surface area contributed by atoms with Gasteiger partial charge in [-0.2, -0.15) is 5.10 Å². The van der Waals surface area contributed by atoms with Gasteiger partial charge in [-0.15, -0.1) is 0 Å². The van der Waals surface area contributed by atoms with E-state index >= 15 is 0 Å². The van der Waals surface area contributed by atoms with Crippen LogP contribution in [0, 0.1) is 0 Å². The molecule has 0 fully saturated rings. The Bertz CT molecular complexity index is 1310. The van der Waals surface area contributed by atoms with Crippen molar-refractivity contribution in [2.75, 3.05) is 5.32 Å². The van der Waals surface area contributed by atoms with Crippen molar-refractivity contribution < 1.29 is 9.53 Å². The number of hydrogen-bond acceptors (Lipinski definition) is 4. The lowest BCUT2D eigenvalue weighted by Crippen LogP contribution is -2.16. The molecule has 0 unspecified atom stereocenters. The Balaban J connectivity index is 1.18. The van der Waals surface area contributed by atoms with Crippen LogP contribution >= 0.6 is 0 Å². The summed E-state index contributed by atoms with van der Waals surface area (Å²) in [6, 6.07) is 24.4. The maximum absolute atomic E-state index is 13.0. The van der Waals surface area contributed by atoms with Crippen LogP contribution in [-0.4, -0.2) is 21.0 Å². The van der Waals surface area contributed by atoms with Gasteiger partial charge in [-0.25, -0.2) is 0 Å². The minimum absolute atomic E-state index is 0.208. The summed E-state index contributed by atoms with van der Waals surface area (Å²) in [5.41, 5.74) is 7.57. The Morgan fingerprint density at radius 1 is 1.00 bits per heavy atom. The summed E-state index contributed by atoms with van der Waals surface area (Å²) in [6.45, 7) is 3.03. The van der Waals surface area contributed by atoms with Crippen LogP contribution in [0.3, 0.4) is 0 Å². The number of carbonyl (C=O) groups is 1. The lowest BCUT2D eigenvalue weighted by molar-refractivity contribution is 0.102. The number of nitrogens with one attached hydrogen (secondary N) is 2. The van der Waals surface area contributed by atoms with Gasteiger partial charge in [0.1, 0.15) is 23.7 Å². The second-order valence-corrected chi connectivity index (χ2v) is 8.28. The van der Waals surface area contributed by atoms with E-state index in [1.165, 1.54) is 16.7 Å². The van der Waals surface area contributed by atoms with E-state index < -0.39 is 0 Å². The molecule has 32 heavy (non-hydrogen) atoms. The molecule has 1 amide bonds. The summed E-state index contributed by atoms with van der Waals surface area (Å²) in [5, 5.41) is 10.3. The van der Waals surface area contributed by atoms with Crippen molar-refractivity contribution in [1.29, 1.82) is 0 Å². The number of H-pyrrole nitrogens is 1. The van der Waals surface area contributed by atoms with Gasteiger partial charge in [0.05, 0.1) is 0 Å². The molecule has 0 bridgehead atoms. The summed E-state index contributed by atoms with van der Waals surface area (Å²) in [7, 11) is 0. The fourth-order valence-corrected chi connectivity index (χ4v) is 4.54. The van der Waals surface area contributed by atoms with Gasteiger partial charge in [0.15, 0.2) is 0 Å². The number of aromatic amines is 1. The number of carbonyl (C=O) groups excluding carboxylic acids is 1. The molecular formula is C26H22N4O2. The predicted molar refractivity (Wildman–Crippen MR) is 122 cm³/mol. The third-order valence-corrected chi connectivity index (χ3v) is 6.11. The highest BCUT2D eigenvalue weighted by molar-refractivity contribution is 6.05. The number of hydrogen-bond donors (Lipinski definition) is 2. The lowest BCUT2D eigenvalue weighted by atomic mass is 10.0. The number of para-hydroxylation sites is 1. The molecule has 6 heteroatoms. The fourth-order valence-electron chi connectivity index (χ4n) is 4.54.